The zero-order valence-corrected chi connectivity index (χ0v) is 11.9. The van der Waals surface area contributed by atoms with Crippen LogP contribution in [-0.2, 0) is 0 Å². The Kier molecular flexibility index (Phi) is 4.90. The third-order valence-corrected chi connectivity index (χ3v) is 5.49. The second-order valence-corrected chi connectivity index (χ2v) is 6.53. The molecule has 2 aliphatic rings. The molecule has 0 aromatic heterocycles. The summed E-state index contributed by atoms with van der Waals surface area (Å²) < 4.78 is 0. The fraction of sp³-hybridized carbons (Fsp3) is 1.00. The molecule has 1 aliphatic heterocycles. The fourth-order valence-electron chi connectivity index (χ4n) is 4.40. The number of piperidine rings is 1. The van der Waals surface area contributed by atoms with Crippen molar-refractivity contribution in [2.24, 2.45) is 17.3 Å². The van der Waals surface area contributed by atoms with Gasteiger partial charge >= 0.3 is 0 Å². The minimum absolute atomic E-state index is 0.742. The first-order valence-corrected chi connectivity index (χ1v) is 8.01. The molecule has 100 valence electrons. The van der Waals surface area contributed by atoms with Gasteiger partial charge in [0, 0.05) is 0 Å². The molecule has 0 bridgehead atoms. The first-order valence-electron chi connectivity index (χ1n) is 8.01. The smallest absolute Gasteiger partial charge is 0.00152 e. The Morgan fingerprint density at radius 3 is 2.35 bits per heavy atom. The fourth-order valence-corrected chi connectivity index (χ4v) is 4.40. The number of nitrogens with one attached hydrogen (secondary N) is 1. The molecule has 1 heterocycles. The van der Waals surface area contributed by atoms with Gasteiger partial charge in [0.1, 0.15) is 0 Å². The Hall–Kier alpha value is -0.0400. The summed E-state index contributed by atoms with van der Waals surface area (Å²) in [6, 6.07) is 0. The molecule has 1 saturated heterocycles. The Labute approximate surface area is 108 Å². The van der Waals surface area contributed by atoms with Gasteiger partial charge in [-0.05, 0) is 68.9 Å². The summed E-state index contributed by atoms with van der Waals surface area (Å²) in [6.07, 6.45) is 13.2. The zero-order valence-electron chi connectivity index (χ0n) is 11.9. The molecule has 1 spiro atoms. The van der Waals surface area contributed by atoms with Crippen molar-refractivity contribution in [3.05, 3.63) is 0 Å². The molecule has 0 amide bonds. The number of rotatable bonds is 4. The number of hydrogen-bond donors (Lipinski definition) is 1. The van der Waals surface area contributed by atoms with E-state index in [-0.39, 0.29) is 0 Å². The minimum atomic E-state index is 0.742. The maximum atomic E-state index is 3.63. The third kappa shape index (κ3) is 3.05. The van der Waals surface area contributed by atoms with Crippen molar-refractivity contribution in [3.63, 3.8) is 0 Å². The van der Waals surface area contributed by atoms with Crippen LogP contribution in [0.2, 0.25) is 0 Å². The second kappa shape index (κ2) is 6.22. The van der Waals surface area contributed by atoms with Crippen LogP contribution in [0.3, 0.4) is 0 Å². The Bertz CT molecular complexity index is 214. The van der Waals surface area contributed by atoms with E-state index in [2.05, 4.69) is 19.2 Å². The van der Waals surface area contributed by atoms with E-state index < -0.39 is 0 Å². The standard InChI is InChI=1S/C16H31N/c1-3-5-14-7-9-16(10-8-14)11-12-17-13-15(16)6-4-2/h14-15,17H,3-13H2,1-2H3. The van der Waals surface area contributed by atoms with Crippen LogP contribution in [0.25, 0.3) is 0 Å². The van der Waals surface area contributed by atoms with E-state index in [4.69, 9.17) is 0 Å². The molecule has 1 N–H and O–H groups in total. The summed E-state index contributed by atoms with van der Waals surface area (Å²) in [5, 5.41) is 3.63. The van der Waals surface area contributed by atoms with Gasteiger partial charge in [-0.1, -0.05) is 33.1 Å². The normalized spacial score (nSPS) is 38.5. The summed E-state index contributed by atoms with van der Waals surface area (Å²) in [5.74, 6) is 2.03. The second-order valence-electron chi connectivity index (χ2n) is 6.53. The average molecular weight is 237 g/mol. The molecule has 1 atom stereocenters. The molecule has 17 heavy (non-hydrogen) atoms. The lowest BCUT2D eigenvalue weighted by Gasteiger charge is -2.49. The molecule has 0 radical (unpaired) electrons. The van der Waals surface area contributed by atoms with Crippen LogP contribution in [0, 0.1) is 17.3 Å². The van der Waals surface area contributed by atoms with Gasteiger partial charge in [0.25, 0.3) is 0 Å². The molecule has 2 fully saturated rings. The van der Waals surface area contributed by atoms with Crippen molar-refractivity contribution in [1.29, 1.82) is 0 Å². The van der Waals surface area contributed by atoms with Crippen molar-refractivity contribution in [2.75, 3.05) is 13.1 Å². The summed E-state index contributed by atoms with van der Waals surface area (Å²) in [4.78, 5) is 0. The third-order valence-electron chi connectivity index (χ3n) is 5.49. The van der Waals surface area contributed by atoms with Crippen LogP contribution < -0.4 is 5.32 Å². The largest absolute Gasteiger partial charge is 0.316 e. The summed E-state index contributed by atoms with van der Waals surface area (Å²) in [7, 11) is 0. The van der Waals surface area contributed by atoms with Crippen LogP contribution >= 0.6 is 0 Å². The highest BCUT2D eigenvalue weighted by molar-refractivity contribution is 4.94. The van der Waals surface area contributed by atoms with Crippen LogP contribution in [-0.4, -0.2) is 13.1 Å². The van der Waals surface area contributed by atoms with Crippen molar-refractivity contribution in [2.45, 2.75) is 71.6 Å². The molecule has 1 nitrogen and oxygen atoms in total. The van der Waals surface area contributed by atoms with Gasteiger partial charge in [-0.2, -0.15) is 0 Å². The van der Waals surface area contributed by atoms with Gasteiger partial charge in [-0.25, -0.2) is 0 Å². The van der Waals surface area contributed by atoms with Gasteiger partial charge in [-0.3, -0.25) is 0 Å². The minimum Gasteiger partial charge on any atom is -0.316 e. The lowest BCUT2D eigenvalue weighted by molar-refractivity contribution is 0.0340. The Morgan fingerprint density at radius 2 is 1.71 bits per heavy atom. The van der Waals surface area contributed by atoms with E-state index in [1.54, 1.807) is 0 Å². The van der Waals surface area contributed by atoms with Crippen LogP contribution in [0.4, 0.5) is 0 Å². The molecule has 1 heteroatoms. The maximum Gasteiger partial charge on any atom is -0.00152 e. The number of hydrogen-bond acceptors (Lipinski definition) is 1. The topological polar surface area (TPSA) is 12.0 Å². The Balaban J connectivity index is 1.93. The first-order chi connectivity index (χ1) is 8.30. The van der Waals surface area contributed by atoms with Crippen LogP contribution in [0.15, 0.2) is 0 Å². The predicted octanol–water partition coefficient (Wildman–Crippen LogP) is 4.37. The van der Waals surface area contributed by atoms with Crippen molar-refractivity contribution in [1.82, 2.24) is 5.32 Å². The monoisotopic (exact) mass is 237 g/mol. The van der Waals surface area contributed by atoms with Gasteiger partial charge < -0.3 is 5.32 Å². The van der Waals surface area contributed by atoms with E-state index in [0.29, 0.717) is 0 Å². The zero-order chi connectivity index (χ0) is 12.1. The summed E-state index contributed by atoms with van der Waals surface area (Å²) in [6.45, 7) is 7.27. The van der Waals surface area contributed by atoms with Crippen LogP contribution in [0.5, 0.6) is 0 Å². The highest BCUT2D eigenvalue weighted by Crippen LogP contribution is 2.50. The van der Waals surface area contributed by atoms with Crippen molar-refractivity contribution >= 4 is 0 Å². The molecule has 2 rings (SSSR count). The average Bonchev–Trinajstić information content (AvgIpc) is 2.36. The molecular formula is C16H31N. The molecule has 0 aromatic rings. The molecule has 0 aromatic carbocycles. The van der Waals surface area contributed by atoms with Crippen molar-refractivity contribution in [3.8, 4) is 0 Å². The SMILES string of the molecule is CCCC1CCC2(CCNCC2CCC)CC1. The molecular weight excluding hydrogens is 206 g/mol. The lowest BCUT2D eigenvalue weighted by atomic mass is 9.59. The first kappa shape index (κ1) is 13.4. The summed E-state index contributed by atoms with van der Waals surface area (Å²) in [5.41, 5.74) is 0.742. The lowest BCUT2D eigenvalue weighted by Crippen LogP contribution is -2.46. The van der Waals surface area contributed by atoms with E-state index in [0.717, 1.165) is 17.3 Å². The maximum absolute atomic E-state index is 3.63. The van der Waals surface area contributed by atoms with Crippen molar-refractivity contribution < 1.29 is 0 Å². The Morgan fingerprint density at radius 1 is 1.00 bits per heavy atom. The highest BCUT2D eigenvalue weighted by Gasteiger charge is 2.42. The highest BCUT2D eigenvalue weighted by atomic mass is 14.9. The van der Waals surface area contributed by atoms with Gasteiger partial charge in [-0.15, -0.1) is 0 Å². The van der Waals surface area contributed by atoms with E-state index in [9.17, 15) is 0 Å². The van der Waals surface area contributed by atoms with E-state index in [1.807, 2.05) is 0 Å². The van der Waals surface area contributed by atoms with Gasteiger partial charge in [0.05, 0.1) is 0 Å². The van der Waals surface area contributed by atoms with E-state index in [1.165, 1.54) is 70.9 Å². The van der Waals surface area contributed by atoms with Gasteiger partial charge in [0.15, 0.2) is 0 Å². The van der Waals surface area contributed by atoms with Gasteiger partial charge in [0.2, 0.25) is 0 Å². The van der Waals surface area contributed by atoms with Crippen LogP contribution in [0.1, 0.15) is 71.6 Å². The van der Waals surface area contributed by atoms with E-state index >= 15 is 0 Å². The quantitative estimate of drug-likeness (QED) is 0.765. The summed E-state index contributed by atoms with van der Waals surface area (Å²) >= 11 is 0. The molecule has 1 saturated carbocycles. The molecule has 1 aliphatic carbocycles. The molecule has 1 unspecified atom stereocenters. The predicted molar refractivity (Wildman–Crippen MR) is 75.2 cm³/mol.